The van der Waals surface area contributed by atoms with Crippen molar-refractivity contribution in [3.63, 3.8) is 0 Å². The number of aliphatic hydroxyl groups is 1. The quantitative estimate of drug-likeness (QED) is 0.365. The van der Waals surface area contributed by atoms with E-state index in [1.807, 2.05) is 0 Å². The summed E-state index contributed by atoms with van der Waals surface area (Å²) >= 11 is 0. The van der Waals surface area contributed by atoms with Crippen LogP contribution in [0.2, 0.25) is 0 Å². The zero-order valence-corrected chi connectivity index (χ0v) is 16.3. The fourth-order valence-electron chi connectivity index (χ4n) is 2.64. The number of nitrogens with two attached hydrogens (primary N) is 1. The van der Waals surface area contributed by atoms with Gasteiger partial charge in [0.1, 0.15) is 11.6 Å². The molecule has 26 heavy (non-hydrogen) atoms. The van der Waals surface area contributed by atoms with E-state index >= 15 is 0 Å². The number of esters is 1. The fraction of sp³-hybridized carbons (Fsp3) is 0.889. The van der Waals surface area contributed by atoms with E-state index in [2.05, 4.69) is 10.2 Å². The standard InChI is InChI=1S/C18H35N3O5/c1-18(2,3)26-17(24)15(6-4-5-11-22)20-16(23)14(19)7-8-21-9-12-25-13-10-21/h14-15,22H,4-13,19H2,1-3H3,(H,20,23)/t14-,15-/m0/s1. The summed E-state index contributed by atoms with van der Waals surface area (Å²) in [5.74, 6) is -0.817. The number of nitrogens with zero attached hydrogens (tertiary/aromatic N) is 1. The average molecular weight is 373 g/mol. The molecule has 1 rings (SSSR count). The number of aliphatic hydroxyl groups excluding tert-OH is 1. The van der Waals surface area contributed by atoms with Crippen LogP contribution in [0.5, 0.6) is 0 Å². The zero-order valence-electron chi connectivity index (χ0n) is 16.3. The molecule has 0 aliphatic carbocycles. The van der Waals surface area contributed by atoms with Gasteiger partial charge in [-0.15, -0.1) is 0 Å². The van der Waals surface area contributed by atoms with E-state index in [0.29, 0.717) is 38.9 Å². The van der Waals surface area contributed by atoms with E-state index in [4.69, 9.17) is 20.3 Å². The van der Waals surface area contributed by atoms with E-state index in [0.717, 1.165) is 19.6 Å². The maximum Gasteiger partial charge on any atom is 0.329 e. The predicted octanol–water partition coefficient (Wildman–Crippen LogP) is 0.0251. The highest BCUT2D eigenvalue weighted by Crippen LogP contribution is 2.12. The highest BCUT2D eigenvalue weighted by atomic mass is 16.6. The Morgan fingerprint density at radius 3 is 2.46 bits per heavy atom. The second-order valence-corrected chi connectivity index (χ2v) is 7.66. The molecule has 0 radical (unpaired) electrons. The monoisotopic (exact) mass is 373 g/mol. The number of carbonyl (C=O) groups is 2. The molecular formula is C18H35N3O5. The van der Waals surface area contributed by atoms with Crippen molar-refractivity contribution in [3.8, 4) is 0 Å². The van der Waals surface area contributed by atoms with Gasteiger partial charge in [0.15, 0.2) is 0 Å². The lowest BCUT2D eigenvalue weighted by molar-refractivity contribution is -0.159. The van der Waals surface area contributed by atoms with Gasteiger partial charge in [0.25, 0.3) is 0 Å². The molecule has 8 heteroatoms. The molecule has 1 saturated heterocycles. The van der Waals surface area contributed by atoms with Crippen LogP contribution in [0.15, 0.2) is 0 Å². The first kappa shape index (κ1) is 22.8. The minimum Gasteiger partial charge on any atom is -0.458 e. The van der Waals surface area contributed by atoms with Gasteiger partial charge in [-0.3, -0.25) is 9.69 Å². The van der Waals surface area contributed by atoms with Gasteiger partial charge in [0.05, 0.1) is 19.3 Å². The van der Waals surface area contributed by atoms with E-state index in [9.17, 15) is 9.59 Å². The van der Waals surface area contributed by atoms with Crippen LogP contribution in [0.25, 0.3) is 0 Å². The number of morpholine rings is 1. The third-order valence-corrected chi connectivity index (χ3v) is 4.11. The van der Waals surface area contributed by atoms with E-state index in [1.165, 1.54) is 0 Å². The molecule has 0 saturated carbocycles. The number of hydrogen-bond donors (Lipinski definition) is 3. The zero-order chi connectivity index (χ0) is 19.6. The van der Waals surface area contributed by atoms with Crippen molar-refractivity contribution in [1.82, 2.24) is 10.2 Å². The van der Waals surface area contributed by atoms with Crippen molar-refractivity contribution in [2.45, 2.75) is 64.1 Å². The number of nitrogens with one attached hydrogen (secondary N) is 1. The molecule has 0 aromatic heterocycles. The molecular weight excluding hydrogens is 338 g/mol. The lowest BCUT2D eigenvalue weighted by Crippen LogP contribution is -2.51. The Morgan fingerprint density at radius 2 is 1.88 bits per heavy atom. The van der Waals surface area contributed by atoms with Crippen molar-refractivity contribution in [3.05, 3.63) is 0 Å². The van der Waals surface area contributed by atoms with Gasteiger partial charge >= 0.3 is 5.97 Å². The largest absolute Gasteiger partial charge is 0.458 e. The third-order valence-electron chi connectivity index (χ3n) is 4.11. The van der Waals surface area contributed by atoms with Crippen LogP contribution in [-0.4, -0.2) is 79.0 Å². The second-order valence-electron chi connectivity index (χ2n) is 7.66. The highest BCUT2D eigenvalue weighted by molar-refractivity contribution is 5.87. The van der Waals surface area contributed by atoms with Gasteiger partial charge in [-0.2, -0.15) is 0 Å². The number of rotatable bonds is 10. The summed E-state index contributed by atoms with van der Waals surface area (Å²) in [5, 5.41) is 11.7. The van der Waals surface area contributed by atoms with Crippen LogP contribution in [0.1, 0.15) is 46.5 Å². The van der Waals surface area contributed by atoms with Crippen LogP contribution >= 0.6 is 0 Å². The predicted molar refractivity (Wildman–Crippen MR) is 98.6 cm³/mol. The van der Waals surface area contributed by atoms with Crippen molar-refractivity contribution in [2.75, 3.05) is 39.5 Å². The molecule has 1 aliphatic heterocycles. The lowest BCUT2D eigenvalue weighted by atomic mass is 10.1. The topological polar surface area (TPSA) is 114 Å². The van der Waals surface area contributed by atoms with Gasteiger partial charge < -0.3 is 25.6 Å². The van der Waals surface area contributed by atoms with Crippen LogP contribution < -0.4 is 11.1 Å². The summed E-state index contributed by atoms with van der Waals surface area (Å²) in [6.45, 7) is 9.21. The molecule has 0 aromatic rings. The summed E-state index contributed by atoms with van der Waals surface area (Å²) in [5.41, 5.74) is 5.37. The number of carbonyl (C=O) groups excluding carboxylic acids is 2. The minimum atomic E-state index is -0.747. The van der Waals surface area contributed by atoms with E-state index < -0.39 is 23.7 Å². The van der Waals surface area contributed by atoms with Gasteiger partial charge in [0.2, 0.25) is 5.91 Å². The molecule has 1 heterocycles. The fourth-order valence-corrected chi connectivity index (χ4v) is 2.64. The van der Waals surface area contributed by atoms with Crippen LogP contribution in [-0.2, 0) is 19.1 Å². The summed E-state index contributed by atoms with van der Waals surface area (Å²) in [6, 6.07) is -1.43. The smallest absolute Gasteiger partial charge is 0.329 e. The normalized spacial score (nSPS) is 18.2. The molecule has 0 spiro atoms. The van der Waals surface area contributed by atoms with Gasteiger partial charge in [-0.25, -0.2) is 4.79 Å². The molecule has 1 amide bonds. The highest BCUT2D eigenvalue weighted by Gasteiger charge is 2.28. The SMILES string of the molecule is CC(C)(C)OC(=O)[C@H](CCCCO)NC(=O)[C@@H](N)CCN1CCOCC1. The van der Waals surface area contributed by atoms with Crippen LogP contribution in [0, 0.1) is 0 Å². The van der Waals surface area contributed by atoms with Crippen molar-refractivity contribution < 1.29 is 24.2 Å². The summed E-state index contributed by atoms with van der Waals surface area (Å²) in [6.07, 6.45) is 2.11. The van der Waals surface area contributed by atoms with Crippen molar-refractivity contribution in [2.24, 2.45) is 5.73 Å². The maximum atomic E-state index is 12.4. The number of amides is 1. The number of ether oxygens (including phenoxy) is 2. The molecule has 1 aliphatic rings. The number of hydrogen-bond acceptors (Lipinski definition) is 7. The Balaban J connectivity index is 2.51. The molecule has 2 atom stereocenters. The second kappa shape index (κ2) is 11.5. The lowest BCUT2D eigenvalue weighted by Gasteiger charge is -2.28. The molecule has 4 N–H and O–H groups in total. The molecule has 1 fully saturated rings. The Bertz CT molecular complexity index is 433. The Morgan fingerprint density at radius 1 is 1.23 bits per heavy atom. The molecule has 0 bridgehead atoms. The third kappa shape index (κ3) is 9.47. The first-order chi connectivity index (χ1) is 12.2. The maximum absolute atomic E-state index is 12.4. The molecule has 8 nitrogen and oxygen atoms in total. The molecule has 0 unspecified atom stereocenters. The van der Waals surface area contributed by atoms with E-state index in [-0.39, 0.29) is 12.5 Å². The minimum absolute atomic E-state index is 0.0497. The van der Waals surface area contributed by atoms with Crippen molar-refractivity contribution >= 4 is 11.9 Å². The molecule has 152 valence electrons. The van der Waals surface area contributed by atoms with E-state index in [1.54, 1.807) is 20.8 Å². The Labute approximate surface area is 156 Å². The Kier molecular flexibility index (Phi) is 10.1. The summed E-state index contributed by atoms with van der Waals surface area (Å²) in [4.78, 5) is 27.0. The van der Waals surface area contributed by atoms with Crippen LogP contribution in [0.4, 0.5) is 0 Å². The van der Waals surface area contributed by atoms with Gasteiger partial charge in [0, 0.05) is 26.2 Å². The number of unbranched alkanes of at least 4 members (excludes halogenated alkanes) is 1. The average Bonchev–Trinajstić information content (AvgIpc) is 2.58. The van der Waals surface area contributed by atoms with Gasteiger partial charge in [-0.05, 0) is 46.5 Å². The first-order valence-electron chi connectivity index (χ1n) is 9.42. The first-order valence-corrected chi connectivity index (χ1v) is 9.42. The van der Waals surface area contributed by atoms with Gasteiger partial charge in [-0.1, -0.05) is 0 Å². The van der Waals surface area contributed by atoms with Crippen molar-refractivity contribution in [1.29, 1.82) is 0 Å². The van der Waals surface area contributed by atoms with Crippen LogP contribution in [0.3, 0.4) is 0 Å². The Hall–Kier alpha value is -1.22. The summed E-state index contributed by atoms with van der Waals surface area (Å²) < 4.78 is 10.7. The molecule has 0 aromatic carbocycles. The summed E-state index contributed by atoms with van der Waals surface area (Å²) in [7, 11) is 0.